The molecule has 1 saturated carbocycles. The van der Waals surface area contributed by atoms with E-state index in [1.807, 2.05) is 18.2 Å². The van der Waals surface area contributed by atoms with Crippen LogP contribution in [0.2, 0.25) is 0 Å². The summed E-state index contributed by atoms with van der Waals surface area (Å²) in [6.07, 6.45) is 4.68. The second-order valence-electron chi connectivity index (χ2n) is 4.11. The Morgan fingerprint density at radius 1 is 1.12 bits per heavy atom. The third-order valence-corrected chi connectivity index (χ3v) is 3.73. The topological polar surface area (TPSA) is 29.1 Å². The fourth-order valence-corrected chi connectivity index (χ4v) is 3.32. The number of halogens is 2. The lowest BCUT2D eigenvalue weighted by molar-refractivity contribution is 0.0938. The summed E-state index contributed by atoms with van der Waals surface area (Å²) in [4.78, 5) is 12.0. The smallest absolute Gasteiger partial charge is 0.251 e. The van der Waals surface area contributed by atoms with Crippen molar-refractivity contribution in [1.29, 1.82) is 0 Å². The van der Waals surface area contributed by atoms with Gasteiger partial charge in [-0.2, -0.15) is 0 Å². The summed E-state index contributed by atoms with van der Waals surface area (Å²) in [7, 11) is 0. The molecule has 0 aromatic heterocycles. The zero-order valence-corrected chi connectivity index (χ0v) is 12.0. The molecule has 2 rings (SSSR count). The highest BCUT2D eigenvalue weighted by Crippen LogP contribution is 2.21. The van der Waals surface area contributed by atoms with Crippen LogP contribution < -0.4 is 5.32 Å². The molecule has 16 heavy (non-hydrogen) atoms. The van der Waals surface area contributed by atoms with E-state index in [1.165, 1.54) is 12.8 Å². The molecule has 0 spiro atoms. The minimum Gasteiger partial charge on any atom is -0.349 e. The number of hydrogen-bond donors (Lipinski definition) is 1. The van der Waals surface area contributed by atoms with Crippen LogP contribution in [0.15, 0.2) is 27.1 Å². The van der Waals surface area contributed by atoms with Crippen LogP contribution >= 0.6 is 31.9 Å². The maximum Gasteiger partial charge on any atom is 0.251 e. The normalized spacial score (nSPS) is 16.4. The molecule has 1 amide bonds. The molecule has 4 heteroatoms. The van der Waals surface area contributed by atoms with Crippen molar-refractivity contribution in [3.63, 3.8) is 0 Å². The number of hydrogen-bond acceptors (Lipinski definition) is 1. The van der Waals surface area contributed by atoms with Gasteiger partial charge in [-0.05, 0) is 31.0 Å². The minimum absolute atomic E-state index is 0.0221. The molecule has 2 nitrogen and oxygen atoms in total. The van der Waals surface area contributed by atoms with Gasteiger partial charge in [-0.1, -0.05) is 44.7 Å². The standard InChI is InChI=1S/C12H13Br2NO/c13-9-5-8(6-10(14)7-9)12(16)15-11-3-1-2-4-11/h5-7,11H,1-4H2,(H,15,16). The summed E-state index contributed by atoms with van der Waals surface area (Å²) in [5.41, 5.74) is 0.702. The first-order valence-electron chi connectivity index (χ1n) is 5.42. The third-order valence-electron chi connectivity index (χ3n) is 2.82. The molecule has 0 aliphatic heterocycles. The highest BCUT2D eigenvalue weighted by atomic mass is 79.9. The van der Waals surface area contributed by atoms with Gasteiger partial charge in [0.1, 0.15) is 0 Å². The van der Waals surface area contributed by atoms with Gasteiger partial charge in [-0.25, -0.2) is 0 Å². The van der Waals surface area contributed by atoms with Gasteiger partial charge in [-0.3, -0.25) is 4.79 Å². The van der Waals surface area contributed by atoms with Gasteiger partial charge in [-0.15, -0.1) is 0 Å². The lowest BCUT2D eigenvalue weighted by Crippen LogP contribution is -2.32. The van der Waals surface area contributed by atoms with Crippen molar-refractivity contribution in [1.82, 2.24) is 5.32 Å². The van der Waals surface area contributed by atoms with Crippen molar-refractivity contribution >= 4 is 37.8 Å². The fourth-order valence-electron chi connectivity index (χ4n) is 2.02. The SMILES string of the molecule is O=C(NC1CCCC1)c1cc(Br)cc(Br)c1. The largest absolute Gasteiger partial charge is 0.349 e. The summed E-state index contributed by atoms with van der Waals surface area (Å²) in [6, 6.07) is 5.97. The number of amides is 1. The molecule has 0 heterocycles. The van der Waals surface area contributed by atoms with Crippen molar-refractivity contribution < 1.29 is 4.79 Å². The van der Waals surface area contributed by atoms with E-state index in [2.05, 4.69) is 37.2 Å². The zero-order valence-electron chi connectivity index (χ0n) is 8.80. The second kappa shape index (κ2) is 5.32. The highest BCUT2D eigenvalue weighted by molar-refractivity contribution is 9.11. The van der Waals surface area contributed by atoms with Crippen LogP contribution in [0.25, 0.3) is 0 Å². The molecular formula is C12H13Br2NO. The number of benzene rings is 1. The molecule has 0 atom stereocenters. The van der Waals surface area contributed by atoms with Gasteiger partial charge < -0.3 is 5.32 Å². The highest BCUT2D eigenvalue weighted by Gasteiger charge is 2.18. The van der Waals surface area contributed by atoms with Gasteiger partial charge in [0.2, 0.25) is 0 Å². The predicted octanol–water partition coefficient (Wildman–Crippen LogP) is 3.88. The van der Waals surface area contributed by atoms with E-state index < -0.39 is 0 Å². The van der Waals surface area contributed by atoms with Crippen LogP contribution in [0.1, 0.15) is 36.0 Å². The first-order valence-corrected chi connectivity index (χ1v) is 7.01. The summed E-state index contributed by atoms with van der Waals surface area (Å²) in [5.74, 6) is 0.0221. The van der Waals surface area contributed by atoms with Crippen LogP contribution in [0.5, 0.6) is 0 Å². The number of carbonyl (C=O) groups excluding carboxylic acids is 1. The van der Waals surface area contributed by atoms with E-state index in [1.54, 1.807) is 0 Å². The number of nitrogens with one attached hydrogen (secondary N) is 1. The Bertz CT molecular complexity index is 380. The van der Waals surface area contributed by atoms with Crippen LogP contribution in [0.3, 0.4) is 0 Å². The van der Waals surface area contributed by atoms with Crippen molar-refractivity contribution in [2.75, 3.05) is 0 Å². The molecule has 86 valence electrons. The van der Waals surface area contributed by atoms with Gasteiger partial charge in [0.25, 0.3) is 5.91 Å². The Hall–Kier alpha value is -0.350. The molecule has 0 saturated heterocycles. The van der Waals surface area contributed by atoms with Gasteiger partial charge in [0.15, 0.2) is 0 Å². The average Bonchev–Trinajstić information content (AvgIpc) is 2.68. The van der Waals surface area contributed by atoms with Crippen molar-refractivity contribution in [3.05, 3.63) is 32.7 Å². The van der Waals surface area contributed by atoms with Crippen LogP contribution in [-0.4, -0.2) is 11.9 Å². The molecule has 1 aliphatic carbocycles. The van der Waals surface area contributed by atoms with E-state index in [0.717, 1.165) is 21.8 Å². The van der Waals surface area contributed by atoms with Crippen molar-refractivity contribution in [2.45, 2.75) is 31.7 Å². The third kappa shape index (κ3) is 3.08. The quantitative estimate of drug-likeness (QED) is 0.864. The maximum atomic E-state index is 12.0. The number of carbonyl (C=O) groups is 1. The van der Waals surface area contributed by atoms with E-state index in [4.69, 9.17) is 0 Å². The minimum atomic E-state index is 0.0221. The molecular weight excluding hydrogens is 334 g/mol. The lowest BCUT2D eigenvalue weighted by atomic mass is 10.2. The predicted molar refractivity (Wildman–Crippen MR) is 71.6 cm³/mol. The van der Waals surface area contributed by atoms with Crippen molar-refractivity contribution in [2.24, 2.45) is 0 Å². The van der Waals surface area contributed by atoms with Gasteiger partial charge >= 0.3 is 0 Å². The Kier molecular flexibility index (Phi) is 4.03. The van der Waals surface area contributed by atoms with Crippen LogP contribution in [0, 0.1) is 0 Å². The van der Waals surface area contributed by atoms with Crippen LogP contribution in [0.4, 0.5) is 0 Å². The molecule has 0 radical (unpaired) electrons. The lowest BCUT2D eigenvalue weighted by Gasteiger charge is -2.12. The van der Waals surface area contributed by atoms with Crippen molar-refractivity contribution in [3.8, 4) is 0 Å². The number of rotatable bonds is 2. The van der Waals surface area contributed by atoms with E-state index >= 15 is 0 Å². The monoisotopic (exact) mass is 345 g/mol. The van der Waals surface area contributed by atoms with Gasteiger partial charge in [0.05, 0.1) is 0 Å². The zero-order chi connectivity index (χ0) is 11.5. The van der Waals surface area contributed by atoms with E-state index in [0.29, 0.717) is 11.6 Å². The maximum absolute atomic E-state index is 12.0. The Labute approximate surface area is 112 Å². The summed E-state index contributed by atoms with van der Waals surface area (Å²) >= 11 is 6.77. The van der Waals surface area contributed by atoms with Gasteiger partial charge in [0, 0.05) is 20.6 Å². The molecule has 1 N–H and O–H groups in total. The summed E-state index contributed by atoms with van der Waals surface area (Å²) in [6.45, 7) is 0. The Morgan fingerprint density at radius 2 is 1.69 bits per heavy atom. The fraction of sp³-hybridized carbons (Fsp3) is 0.417. The molecule has 1 aromatic carbocycles. The molecule has 1 fully saturated rings. The average molecular weight is 347 g/mol. The Balaban J connectivity index is 2.07. The first-order chi connectivity index (χ1) is 7.65. The molecule has 1 aliphatic rings. The Morgan fingerprint density at radius 3 is 2.25 bits per heavy atom. The molecule has 0 bridgehead atoms. The van der Waals surface area contributed by atoms with Crippen LogP contribution in [-0.2, 0) is 0 Å². The van der Waals surface area contributed by atoms with E-state index in [-0.39, 0.29) is 5.91 Å². The second-order valence-corrected chi connectivity index (χ2v) is 5.94. The first kappa shape index (κ1) is 12.1. The summed E-state index contributed by atoms with van der Waals surface area (Å²) < 4.78 is 1.83. The van der Waals surface area contributed by atoms with E-state index in [9.17, 15) is 4.79 Å². The summed E-state index contributed by atoms with van der Waals surface area (Å²) in [5, 5.41) is 3.07. The molecule has 1 aromatic rings. The molecule has 0 unspecified atom stereocenters.